The van der Waals surface area contributed by atoms with E-state index in [-0.39, 0.29) is 0 Å². The number of aliphatic carboxylic acids is 1. The lowest BCUT2D eigenvalue weighted by Gasteiger charge is -2.11. The van der Waals surface area contributed by atoms with Gasteiger partial charge in [-0.15, -0.1) is 11.8 Å². The second kappa shape index (κ2) is 6.38. The van der Waals surface area contributed by atoms with Crippen LogP contribution in [0.3, 0.4) is 0 Å². The van der Waals surface area contributed by atoms with Gasteiger partial charge in [-0.05, 0) is 12.0 Å². The molecule has 2 rings (SSSR count). The van der Waals surface area contributed by atoms with Crippen molar-refractivity contribution < 1.29 is 9.90 Å². The summed E-state index contributed by atoms with van der Waals surface area (Å²) in [6.45, 7) is 0. The zero-order chi connectivity index (χ0) is 13.7. The van der Waals surface area contributed by atoms with E-state index in [0.29, 0.717) is 12.2 Å². The Kier molecular flexibility index (Phi) is 4.57. The maximum atomic E-state index is 11.3. The van der Waals surface area contributed by atoms with E-state index in [1.54, 1.807) is 11.7 Å². The van der Waals surface area contributed by atoms with Crippen molar-refractivity contribution in [2.45, 2.75) is 17.4 Å². The molecular formula is C13H15N3O2S. The Bertz CT molecular complexity index is 542. The molecule has 1 N–H and O–H groups in total. The van der Waals surface area contributed by atoms with Crippen LogP contribution in [0, 0.1) is 0 Å². The van der Waals surface area contributed by atoms with Gasteiger partial charge in [0.05, 0.1) is 5.75 Å². The molecule has 0 bridgehead atoms. The summed E-state index contributed by atoms with van der Waals surface area (Å²) < 4.78 is 1.66. The fourth-order valence-electron chi connectivity index (χ4n) is 1.67. The van der Waals surface area contributed by atoms with E-state index in [0.717, 1.165) is 11.4 Å². The minimum Gasteiger partial charge on any atom is -0.480 e. The number of carboxylic acids is 1. The van der Waals surface area contributed by atoms with Crippen LogP contribution in [-0.2, 0) is 24.0 Å². The number of hydrogen-bond donors (Lipinski definition) is 1. The Balaban J connectivity index is 1.97. The van der Waals surface area contributed by atoms with Crippen molar-refractivity contribution in [1.29, 1.82) is 0 Å². The molecule has 0 saturated carbocycles. The summed E-state index contributed by atoms with van der Waals surface area (Å²) in [5.74, 6) is 0.528. The lowest BCUT2D eigenvalue weighted by Crippen LogP contribution is -2.19. The summed E-state index contributed by atoms with van der Waals surface area (Å²) >= 11 is 1.37. The van der Waals surface area contributed by atoms with E-state index >= 15 is 0 Å². The Labute approximate surface area is 115 Å². The van der Waals surface area contributed by atoms with Gasteiger partial charge in [-0.25, -0.2) is 4.98 Å². The summed E-state index contributed by atoms with van der Waals surface area (Å²) in [6, 6.07) is 9.65. The summed E-state index contributed by atoms with van der Waals surface area (Å²) in [5.41, 5.74) is 1.03. The van der Waals surface area contributed by atoms with Crippen LogP contribution in [0.25, 0.3) is 0 Å². The second-order valence-corrected chi connectivity index (χ2v) is 5.32. The molecule has 6 heteroatoms. The molecule has 2 aromatic rings. The van der Waals surface area contributed by atoms with Gasteiger partial charge < -0.3 is 5.11 Å². The molecule has 0 aliphatic carbocycles. The first-order valence-electron chi connectivity index (χ1n) is 5.88. The molecule has 0 spiro atoms. The molecule has 1 unspecified atom stereocenters. The molecule has 0 aliphatic rings. The first-order chi connectivity index (χ1) is 9.16. The number of aromatic nitrogens is 3. The zero-order valence-corrected chi connectivity index (χ0v) is 11.4. The minimum atomic E-state index is -0.795. The number of carbonyl (C=O) groups is 1. The lowest BCUT2D eigenvalue weighted by molar-refractivity contribution is -0.136. The average Bonchev–Trinajstić information content (AvgIpc) is 2.81. The highest BCUT2D eigenvalue weighted by Crippen LogP contribution is 2.20. The second-order valence-electron chi connectivity index (χ2n) is 4.13. The molecule has 1 aromatic carbocycles. The number of benzene rings is 1. The van der Waals surface area contributed by atoms with Crippen molar-refractivity contribution in [1.82, 2.24) is 14.8 Å². The fraction of sp³-hybridized carbons (Fsp3) is 0.308. The van der Waals surface area contributed by atoms with Gasteiger partial charge >= 0.3 is 5.97 Å². The van der Waals surface area contributed by atoms with Crippen LogP contribution in [0.15, 0.2) is 36.7 Å². The third-order valence-corrected chi connectivity index (χ3v) is 3.95. The van der Waals surface area contributed by atoms with E-state index in [1.165, 1.54) is 18.1 Å². The van der Waals surface area contributed by atoms with Crippen LogP contribution in [0.2, 0.25) is 0 Å². The molecule has 0 amide bonds. The Hall–Kier alpha value is -1.82. The van der Waals surface area contributed by atoms with E-state index in [4.69, 9.17) is 0 Å². The molecule has 5 nitrogen and oxygen atoms in total. The van der Waals surface area contributed by atoms with Crippen LogP contribution in [0.4, 0.5) is 0 Å². The SMILES string of the molecule is Cn1ncnc1CSC(Cc1ccccc1)C(=O)O. The Morgan fingerprint density at radius 2 is 2.16 bits per heavy atom. The molecule has 19 heavy (non-hydrogen) atoms. The van der Waals surface area contributed by atoms with E-state index in [2.05, 4.69) is 10.1 Å². The zero-order valence-electron chi connectivity index (χ0n) is 10.6. The summed E-state index contributed by atoms with van der Waals surface area (Å²) in [5, 5.41) is 12.8. The number of carboxylic acid groups (broad SMARTS) is 1. The smallest absolute Gasteiger partial charge is 0.316 e. The average molecular weight is 277 g/mol. The van der Waals surface area contributed by atoms with Crippen molar-refractivity contribution in [3.8, 4) is 0 Å². The van der Waals surface area contributed by atoms with Crippen molar-refractivity contribution in [3.63, 3.8) is 0 Å². The molecule has 0 saturated heterocycles. The van der Waals surface area contributed by atoms with E-state index < -0.39 is 11.2 Å². The van der Waals surface area contributed by atoms with Gasteiger partial charge in [0, 0.05) is 7.05 Å². The number of thioether (sulfide) groups is 1. The predicted molar refractivity (Wildman–Crippen MR) is 73.9 cm³/mol. The monoisotopic (exact) mass is 277 g/mol. The van der Waals surface area contributed by atoms with Crippen LogP contribution >= 0.6 is 11.8 Å². The molecule has 100 valence electrons. The third-order valence-electron chi connectivity index (χ3n) is 2.76. The van der Waals surface area contributed by atoms with Gasteiger partial charge in [0.25, 0.3) is 0 Å². The highest BCUT2D eigenvalue weighted by Gasteiger charge is 2.19. The molecular weight excluding hydrogens is 262 g/mol. The van der Waals surface area contributed by atoms with Crippen LogP contribution in [0.5, 0.6) is 0 Å². The molecule has 1 heterocycles. The van der Waals surface area contributed by atoms with Gasteiger partial charge in [0.15, 0.2) is 0 Å². The lowest BCUT2D eigenvalue weighted by atomic mass is 10.1. The molecule has 0 radical (unpaired) electrons. The molecule has 0 aliphatic heterocycles. The summed E-state index contributed by atoms with van der Waals surface area (Å²) in [4.78, 5) is 15.4. The highest BCUT2D eigenvalue weighted by atomic mass is 32.2. The molecule has 1 aromatic heterocycles. The van der Waals surface area contributed by atoms with Gasteiger partial charge in [-0.2, -0.15) is 5.10 Å². The normalized spacial score (nSPS) is 12.3. The standard InChI is InChI=1S/C13H15N3O2S/c1-16-12(14-9-15-16)8-19-11(13(17)18)7-10-5-3-2-4-6-10/h2-6,9,11H,7-8H2,1H3,(H,17,18). The number of nitrogens with zero attached hydrogens (tertiary/aromatic N) is 3. The van der Waals surface area contributed by atoms with E-state index in [1.807, 2.05) is 30.3 Å². The topological polar surface area (TPSA) is 68.0 Å². The molecule has 0 fully saturated rings. The number of hydrogen-bond acceptors (Lipinski definition) is 4. The van der Waals surface area contributed by atoms with Gasteiger partial charge in [0.1, 0.15) is 17.4 Å². The van der Waals surface area contributed by atoms with Crippen LogP contribution < -0.4 is 0 Å². The van der Waals surface area contributed by atoms with Crippen LogP contribution in [-0.4, -0.2) is 31.1 Å². The number of aryl methyl sites for hydroxylation is 1. The van der Waals surface area contributed by atoms with Crippen molar-refractivity contribution >= 4 is 17.7 Å². The van der Waals surface area contributed by atoms with E-state index in [9.17, 15) is 9.90 Å². The summed E-state index contributed by atoms with van der Waals surface area (Å²) in [6.07, 6.45) is 1.99. The van der Waals surface area contributed by atoms with Gasteiger partial charge in [0.2, 0.25) is 0 Å². The Morgan fingerprint density at radius 3 is 2.74 bits per heavy atom. The maximum absolute atomic E-state index is 11.3. The van der Waals surface area contributed by atoms with Crippen molar-refractivity contribution in [3.05, 3.63) is 48.0 Å². The van der Waals surface area contributed by atoms with Crippen LogP contribution in [0.1, 0.15) is 11.4 Å². The first kappa shape index (κ1) is 13.6. The maximum Gasteiger partial charge on any atom is 0.316 e. The summed E-state index contributed by atoms with van der Waals surface area (Å²) in [7, 11) is 1.80. The number of rotatable bonds is 6. The predicted octanol–water partition coefficient (Wildman–Crippen LogP) is 1.74. The van der Waals surface area contributed by atoms with Gasteiger partial charge in [-0.1, -0.05) is 30.3 Å². The highest BCUT2D eigenvalue weighted by molar-refractivity contribution is 7.99. The fourth-order valence-corrected chi connectivity index (χ4v) is 2.74. The minimum absolute atomic E-state index is 0.473. The van der Waals surface area contributed by atoms with Crippen molar-refractivity contribution in [2.75, 3.05) is 0 Å². The third kappa shape index (κ3) is 3.82. The quantitative estimate of drug-likeness (QED) is 0.871. The Morgan fingerprint density at radius 1 is 1.42 bits per heavy atom. The first-order valence-corrected chi connectivity index (χ1v) is 6.93. The molecule has 1 atom stereocenters. The largest absolute Gasteiger partial charge is 0.480 e. The van der Waals surface area contributed by atoms with Gasteiger partial charge in [-0.3, -0.25) is 9.48 Å². The van der Waals surface area contributed by atoms with Crippen molar-refractivity contribution in [2.24, 2.45) is 7.05 Å².